The van der Waals surface area contributed by atoms with Gasteiger partial charge in [-0.2, -0.15) is 0 Å². The Morgan fingerprint density at radius 1 is 1.25 bits per heavy atom. The standard InChI is InChI=1S/C22H31N5O/c1-5-7-16-11-23-15(2)24-22(16)26-12-17-10-18(13-26)20(14-25(3)4)27-19(17)8-6-9-21(27)28/h6,8-9,11,17-18,20H,5,7,10,12-14H2,1-4H3/t17-,18+,20+/m1/s1. The van der Waals surface area contributed by atoms with Gasteiger partial charge in [0.1, 0.15) is 11.6 Å². The molecule has 0 unspecified atom stereocenters. The Balaban J connectivity index is 1.75. The van der Waals surface area contributed by atoms with Gasteiger partial charge in [-0.1, -0.05) is 19.4 Å². The third kappa shape index (κ3) is 3.46. The molecule has 28 heavy (non-hydrogen) atoms. The predicted molar refractivity (Wildman–Crippen MR) is 112 cm³/mol. The van der Waals surface area contributed by atoms with Crippen molar-refractivity contribution in [3.05, 3.63) is 51.8 Å². The van der Waals surface area contributed by atoms with Crippen LogP contribution in [0.25, 0.3) is 0 Å². The molecule has 6 heteroatoms. The fourth-order valence-electron chi connectivity index (χ4n) is 5.03. The van der Waals surface area contributed by atoms with Gasteiger partial charge < -0.3 is 14.4 Å². The van der Waals surface area contributed by atoms with Gasteiger partial charge in [0.2, 0.25) is 0 Å². The molecule has 6 nitrogen and oxygen atoms in total. The lowest BCUT2D eigenvalue weighted by molar-refractivity contribution is 0.174. The van der Waals surface area contributed by atoms with Gasteiger partial charge >= 0.3 is 0 Å². The number of pyridine rings is 1. The van der Waals surface area contributed by atoms with E-state index in [0.29, 0.717) is 11.8 Å². The summed E-state index contributed by atoms with van der Waals surface area (Å²) in [4.78, 5) is 26.7. The van der Waals surface area contributed by atoms with Crippen LogP contribution < -0.4 is 10.5 Å². The molecule has 0 aliphatic carbocycles. The summed E-state index contributed by atoms with van der Waals surface area (Å²) in [5, 5.41) is 0. The maximum atomic E-state index is 12.7. The Morgan fingerprint density at radius 3 is 2.82 bits per heavy atom. The fourth-order valence-corrected chi connectivity index (χ4v) is 5.03. The van der Waals surface area contributed by atoms with E-state index in [2.05, 4.69) is 46.4 Å². The highest BCUT2D eigenvalue weighted by Gasteiger charge is 2.41. The highest BCUT2D eigenvalue weighted by molar-refractivity contribution is 5.48. The number of likely N-dealkylation sites (N-methyl/N-ethyl adjacent to an activating group) is 1. The molecule has 150 valence electrons. The Morgan fingerprint density at radius 2 is 2.07 bits per heavy atom. The van der Waals surface area contributed by atoms with Crippen LogP contribution in [0.2, 0.25) is 0 Å². The summed E-state index contributed by atoms with van der Waals surface area (Å²) >= 11 is 0. The molecule has 2 aromatic rings. The minimum atomic E-state index is 0.136. The lowest BCUT2D eigenvalue weighted by atomic mass is 9.78. The van der Waals surface area contributed by atoms with E-state index >= 15 is 0 Å². The first kappa shape index (κ1) is 19.1. The first-order valence-electron chi connectivity index (χ1n) is 10.4. The number of hydrogen-bond donors (Lipinski definition) is 0. The average Bonchev–Trinajstić information content (AvgIpc) is 2.66. The van der Waals surface area contributed by atoms with Crippen molar-refractivity contribution in [2.45, 2.75) is 45.1 Å². The largest absolute Gasteiger partial charge is 0.355 e. The van der Waals surface area contributed by atoms with Crippen LogP contribution in [0.3, 0.4) is 0 Å². The monoisotopic (exact) mass is 381 g/mol. The summed E-state index contributed by atoms with van der Waals surface area (Å²) < 4.78 is 2.08. The second-order valence-electron chi connectivity index (χ2n) is 8.60. The van der Waals surface area contributed by atoms with Crippen molar-refractivity contribution in [3.8, 4) is 0 Å². The normalized spacial score (nSPS) is 23.8. The summed E-state index contributed by atoms with van der Waals surface area (Å²) in [5.41, 5.74) is 2.56. The fraction of sp³-hybridized carbons (Fsp3) is 0.591. The lowest BCUT2D eigenvalue weighted by Crippen LogP contribution is -2.52. The summed E-state index contributed by atoms with van der Waals surface area (Å²) in [5.74, 6) is 2.74. The molecule has 0 spiro atoms. The molecule has 0 saturated carbocycles. The highest BCUT2D eigenvalue weighted by Crippen LogP contribution is 2.42. The maximum absolute atomic E-state index is 12.7. The number of aryl methyl sites for hydroxylation is 2. The first-order valence-corrected chi connectivity index (χ1v) is 10.4. The molecule has 2 aromatic heterocycles. The van der Waals surface area contributed by atoms with Gasteiger partial charge in [0.15, 0.2) is 0 Å². The van der Waals surface area contributed by atoms with Crippen LogP contribution in [-0.2, 0) is 6.42 Å². The van der Waals surface area contributed by atoms with Gasteiger partial charge in [-0.3, -0.25) is 4.79 Å². The molecule has 2 bridgehead atoms. The minimum Gasteiger partial charge on any atom is -0.355 e. The second kappa shape index (κ2) is 7.66. The topological polar surface area (TPSA) is 54.3 Å². The summed E-state index contributed by atoms with van der Waals surface area (Å²) in [6.07, 6.45) is 5.23. The molecule has 1 fully saturated rings. The predicted octanol–water partition coefficient (Wildman–Crippen LogP) is 2.63. The minimum absolute atomic E-state index is 0.136. The van der Waals surface area contributed by atoms with E-state index in [-0.39, 0.29) is 11.6 Å². The van der Waals surface area contributed by atoms with E-state index < -0.39 is 0 Å². The molecule has 4 rings (SSSR count). The van der Waals surface area contributed by atoms with E-state index in [1.165, 1.54) is 11.3 Å². The summed E-state index contributed by atoms with van der Waals surface area (Å²) in [7, 11) is 4.18. The van der Waals surface area contributed by atoms with E-state index in [1.54, 1.807) is 6.07 Å². The smallest absolute Gasteiger partial charge is 0.251 e. The van der Waals surface area contributed by atoms with Crippen LogP contribution in [0.5, 0.6) is 0 Å². The SMILES string of the molecule is CCCc1cnc(C)nc1N1C[C@H]2C[C@@H](C1)[C@H](CN(C)C)n1c2cccc1=O. The van der Waals surface area contributed by atoms with Gasteiger partial charge in [-0.15, -0.1) is 0 Å². The maximum Gasteiger partial charge on any atom is 0.251 e. The van der Waals surface area contributed by atoms with Crippen molar-refractivity contribution in [1.29, 1.82) is 0 Å². The van der Waals surface area contributed by atoms with Crippen LogP contribution in [-0.4, -0.2) is 53.2 Å². The molecule has 2 aliphatic rings. The Labute approximate surface area is 167 Å². The molecular formula is C22H31N5O. The van der Waals surface area contributed by atoms with Crippen molar-refractivity contribution < 1.29 is 0 Å². The highest BCUT2D eigenvalue weighted by atomic mass is 16.1. The zero-order valence-electron chi connectivity index (χ0n) is 17.4. The van der Waals surface area contributed by atoms with Gasteiger partial charge in [-0.05, 0) is 45.8 Å². The molecule has 0 amide bonds. The number of hydrogen-bond acceptors (Lipinski definition) is 5. The van der Waals surface area contributed by atoms with Crippen LogP contribution >= 0.6 is 0 Å². The Bertz CT molecular complexity index is 906. The average molecular weight is 382 g/mol. The van der Waals surface area contributed by atoms with Crippen LogP contribution in [0, 0.1) is 12.8 Å². The number of fused-ring (bicyclic) bond motifs is 4. The number of rotatable bonds is 5. The summed E-state index contributed by atoms with van der Waals surface area (Å²) in [6, 6.07) is 5.97. The zero-order valence-corrected chi connectivity index (χ0v) is 17.4. The number of anilines is 1. The molecular weight excluding hydrogens is 350 g/mol. The molecule has 2 aliphatic heterocycles. The molecule has 1 saturated heterocycles. The lowest BCUT2D eigenvalue weighted by Gasteiger charge is -2.48. The van der Waals surface area contributed by atoms with Crippen molar-refractivity contribution in [2.75, 3.05) is 38.6 Å². The molecule has 0 aromatic carbocycles. The molecule has 4 heterocycles. The van der Waals surface area contributed by atoms with E-state index in [9.17, 15) is 4.79 Å². The van der Waals surface area contributed by atoms with Crippen molar-refractivity contribution >= 4 is 5.82 Å². The van der Waals surface area contributed by atoms with Gasteiger partial charge in [0.05, 0.1) is 6.04 Å². The summed E-state index contributed by atoms with van der Waals surface area (Å²) in [6.45, 7) is 6.91. The molecule has 0 radical (unpaired) electrons. The van der Waals surface area contributed by atoms with Crippen LogP contribution in [0.4, 0.5) is 5.82 Å². The van der Waals surface area contributed by atoms with Gasteiger partial charge in [0, 0.05) is 49.1 Å². The van der Waals surface area contributed by atoms with Crippen molar-refractivity contribution in [2.24, 2.45) is 5.92 Å². The van der Waals surface area contributed by atoms with Crippen molar-refractivity contribution in [1.82, 2.24) is 19.4 Å². The van der Waals surface area contributed by atoms with E-state index in [1.807, 2.05) is 19.2 Å². The van der Waals surface area contributed by atoms with E-state index in [0.717, 1.165) is 50.5 Å². The number of nitrogens with zero attached hydrogens (tertiary/aromatic N) is 5. The first-order chi connectivity index (χ1) is 13.5. The van der Waals surface area contributed by atoms with Crippen LogP contribution in [0.15, 0.2) is 29.2 Å². The van der Waals surface area contributed by atoms with Gasteiger partial charge in [-0.25, -0.2) is 9.97 Å². The second-order valence-corrected chi connectivity index (χ2v) is 8.60. The molecule has 0 N–H and O–H groups in total. The third-order valence-corrected chi connectivity index (χ3v) is 6.13. The third-order valence-electron chi connectivity index (χ3n) is 6.13. The Hall–Kier alpha value is -2.21. The van der Waals surface area contributed by atoms with Crippen molar-refractivity contribution in [3.63, 3.8) is 0 Å². The zero-order chi connectivity index (χ0) is 19.8. The Kier molecular flexibility index (Phi) is 5.23. The van der Waals surface area contributed by atoms with Crippen LogP contribution in [0.1, 0.15) is 48.8 Å². The molecule has 3 atom stereocenters. The van der Waals surface area contributed by atoms with Gasteiger partial charge in [0.25, 0.3) is 5.56 Å². The number of aromatic nitrogens is 3. The number of piperidine rings is 1. The van der Waals surface area contributed by atoms with E-state index in [4.69, 9.17) is 4.98 Å². The quantitative estimate of drug-likeness (QED) is 0.797.